The van der Waals surface area contributed by atoms with Crippen LogP contribution in [0.25, 0.3) is 5.52 Å². The Bertz CT molecular complexity index is 385. The molecular weight excluding hydrogens is 146 g/mol. The van der Waals surface area contributed by atoms with Crippen molar-refractivity contribution in [2.24, 2.45) is 0 Å². The van der Waals surface area contributed by atoms with Crippen LogP contribution in [0.2, 0.25) is 0 Å². The molecule has 0 aliphatic rings. The highest BCUT2D eigenvalue weighted by molar-refractivity contribution is 5.49. The number of aromatic nitrogens is 1. The fourth-order valence-electron chi connectivity index (χ4n) is 1.41. The van der Waals surface area contributed by atoms with Crippen LogP contribution in [-0.4, -0.2) is 4.40 Å². The van der Waals surface area contributed by atoms with E-state index >= 15 is 0 Å². The predicted octanol–water partition coefficient (Wildman–Crippen LogP) is 3.06. The minimum atomic E-state index is 0.616. The van der Waals surface area contributed by atoms with Crippen molar-refractivity contribution < 1.29 is 0 Å². The lowest BCUT2D eigenvalue weighted by Gasteiger charge is -2.05. The van der Waals surface area contributed by atoms with Gasteiger partial charge in [-0.1, -0.05) is 13.8 Å². The average molecular weight is 159 g/mol. The summed E-state index contributed by atoms with van der Waals surface area (Å²) in [7, 11) is 0. The first kappa shape index (κ1) is 7.41. The highest BCUT2D eigenvalue weighted by Gasteiger charge is 1.99. The lowest BCUT2D eigenvalue weighted by molar-refractivity contribution is 0.863. The molecule has 0 saturated carbocycles. The Hall–Kier alpha value is -1.24. The summed E-state index contributed by atoms with van der Waals surface area (Å²) in [6.07, 6.45) is 4.18. The van der Waals surface area contributed by atoms with Gasteiger partial charge in [0.05, 0.1) is 0 Å². The molecule has 0 radical (unpaired) electrons. The fraction of sp³-hybridized carbons (Fsp3) is 0.273. The molecule has 12 heavy (non-hydrogen) atoms. The molecule has 2 rings (SSSR count). The van der Waals surface area contributed by atoms with E-state index in [2.05, 4.69) is 54.9 Å². The maximum absolute atomic E-state index is 2.24. The van der Waals surface area contributed by atoms with Gasteiger partial charge in [-0.25, -0.2) is 0 Å². The van der Waals surface area contributed by atoms with Crippen molar-refractivity contribution >= 4 is 5.52 Å². The van der Waals surface area contributed by atoms with Crippen molar-refractivity contribution in [3.05, 3.63) is 42.2 Å². The smallest absolute Gasteiger partial charge is 0.0452 e. The van der Waals surface area contributed by atoms with E-state index < -0.39 is 0 Å². The number of fused-ring (bicyclic) bond motifs is 1. The first-order valence-electron chi connectivity index (χ1n) is 4.34. The van der Waals surface area contributed by atoms with Crippen LogP contribution in [0.15, 0.2) is 36.7 Å². The Morgan fingerprint density at radius 3 is 2.75 bits per heavy atom. The first-order valence-corrected chi connectivity index (χ1v) is 4.34. The van der Waals surface area contributed by atoms with Gasteiger partial charge in [-0.2, -0.15) is 0 Å². The van der Waals surface area contributed by atoms with Gasteiger partial charge in [-0.05, 0) is 35.7 Å². The third kappa shape index (κ3) is 1.11. The summed E-state index contributed by atoms with van der Waals surface area (Å²) in [5.41, 5.74) is 2.68. The number of hydrogen-bond donors (Lipinski definition) is 0. The second-order valence-corrected chi connectivity index (χ2v) is 3.46. The molecule has 0 aliphatic heterocycles. The van der Waals surface area contributed by atoms with Gasteiger partial charge in [-0.3, -0.25) is 0 Å². The van der Waals surface area contributed by atoms with Gasteiger partial charge >= 0.3 is 0 Å². The molecule has 0 aromatic carbocycles. The van der Waals surface area contributed by atoms with E-state index in [4.69, 9.17) is 0 Å². The number of nitrogens with zero attached hydrogens (tertiary/aromatic N) is 1. The van der Waals surface area contributed by atoms with Crippen LogP contribution in [0.5, 0.6) is 0 Å². The zero-order chi connectivity index (χ0) is 8.55. The Morgan fingerprint density at radius 1 is 1.17 bits per heavy atom. The highest BCUT2D eigenvalue weighted by Crippen LogP contribution is 2.16. The van der Waals surface area contributed by atoms with E-state index in [1.54, 1.807) is 0 Å². The molecule has 0 bridgehead atoms. The van der Waals surface area contributed by atoms with Crippen molar-refractivity contribution in [2.75, 3.05) is 0 Å². The molecule has 62 valence electrons. The molecule has 1 nitrogen and oxygen atoms in total. The Morgan fingerprint density at radius 2 is 2.00 bits per heavy atom. The van der Waals surface area contributed by atoms with Gasteiger partial charge in [0.25, 0.3) is 0 Å². The molecule has 0 aliphatic carbocycles. The summed E-state index contributed by atoms with van der Waals surface area (Å²) in [5, 5.41) is 0. The van der Waals surface area contributed by atoms with Crippen molar-refractivity contribution in [1.29, 1.82) is 0 Å². The second-order valence-electron chi connectivity index (χ2n) is 3.46. The number of hydrogen-bond acceptors (Lipinski definition) is 0. The molecule has 2 aromatic rings. The van der Waals surface area contributed by atoms with Crippen molar-refractivity contribution in [3.8, 4) is 0 Å². The molecule has 0 spiro atoms. The Kier molecular flexibility index (Phi) is 1.65. The van der Waals surface area contributed by atoms with E-state index in [0.29, 0.717) is 5.92 Å². The van der Waals surface area contributed by atoms with Crippen LogP contribution in [0.3, 0.4) is 0 Å². The van der Waals surface area contributed by atoms with Gasteiger partial charge in [-0.15, -0.1) is 0 Å². The normalized spacial score (nSPS) is 11.2. The number of rotatable bonds is 1. The summed E-state index contributed by atoms with van der Waals surface area (Å²) in [6, 6.07) is 8.62. The van der Waals surface area contributed by atoms with E-state index in [1.807, 2.05) is 0 Å². The van der Waals surface area contributed by atoms with Crippen molar-refractivity contribution in [2.45, 2.75) is 19.8 Å². The molecule has 0 saturated heterocycles. The zero-order valence-electron chi connectivity index (χ0n) is 7.49. The monoisotopic (exact) mass is 159 g/mol. The van der Waals surface area contributed by atoms with Gasteiger partial charge < -0.3 is 4.40 Å². The van der Waals surface area contributed by atoms with Gasteiger partial charge in [0.2, 0.25) is 0 Å². The van der Waals surface area contributed by atoms with Crippen LogP contribution >= 0.6 is 0 Å². The highest BCUT2D eigenvalue weighted by atomic mass is 14.8. The van der Waals surface area contributed by atoms with Gasteiger partial charge in [0, 0.05) is 17.9 Å². The zero-order valence-corrected chi connectivity index (χ0v) is 7.49. The Balaban J connectivity index is 2.60. The van der Waals surface area contributed by atoms with E-state index in [9.17, 15) is 0 Å². The summed E-state index contributed by atoms with van der Waals surface area (Å²) < 4.78 is 2.13. The van der Waals surface area contributed by atoms with E-state index in [-0.39, 0.29) is 0 Å². The molecular formula is C11H13N. The van der Waals surface area contributed by atoms with Crippen molar-refractivity contribution in [1.82, 2.24) is 4.40 Å². The molecule has 2 heterocycles. The maximum Gasteiger partial charge on any atom is 0.0452 e. The standard InChI is InChI=1S/C11H13N/c1-9(2)10-5-7-12-6-3-4-11(12)8-10/h3-9H,1-2H3. The minimum absolute atomic E-state index is 0.616. The SMILES string of the molecule is CC(C)c1ccn2cccc2c1. The molecule has 0 N–H and O–H groups in total. The largest absolute Gasteiger partial charge is 0.324 e. The van der Waals surface area contributed by atoms with Crippen LogP contribution < -0.4 is 0 Å². The fourth-order valence-corrected chi connectivity index (χ4v) is 1.41. The lowest BCUT2D eigenvalue weighted by atomic mass is 10.1. The van der Waals surface area contributed by atoms with Crippen LogP contribution in [0.1, 0.15) is 25.3 Å². The Labute approximate surface area is 72.6 Å². The van der Waals surface area contributed by atoms with Crippen molar-refractivity contribution in [3.63, 3.8) is 0 Å². The van der Waals surface area contributed by atoms with E-state index in [0.717, 1.165) is 0 Å². The predicted molar refractivity (Wildman–Crippen MR) is 51.5 cm³/mol. The first-order chi connectivity index (χ1) is 5.77. The third-order valence-electron chi connectivity index (χ3n) is 2.22. The van der Waals surface area contributed by atoms with Crippen LogP contribution in [0.4, 0.5) is 0 Å². The molecule has 0 amide bonds. The van der Waals surface area contributed by atoms with E-state index in [1.165, 1.54) is 11.1 Å². The topological polar surface area (TPSA) is 4.41 Å². The molecule has 0 fully saturated rings. The van der Waals surface area contributed by atoms with Gasteiger partial charge in [0.15, 0.2) is 0 Å². The maximum atomic E-state index is 2.24. The summed E-state index contributed by atoms with van der Waals surface area (Å²) >= 11 is 0. The molecule has 1 heteroatoms. The summed E-state index contributed by atoms with van der Waals surface area (Å²) in [6.45, 7) is 4.43. The summed E-state index contributed by atoms with van der Waals surface area (Å²) in [4.78, 5) is 0. The quantitative estimate of drug-likeness (QED) is 0.602. The van der Waals surface area contributed by atoms with Crippen LogP contribution in [0, 0.1) is 0 Å². The van der Waals surface area contributed by atoms with Gasteiger partial charge in [0.1, 0.15) is 0 Å². The minimum Gasteiger partial charge on any atom is -0.324 e. The number of pyridine rings is 1. The third-order valence-corrected chi connectivity index (χ3v) is 2.22. The molecule has 2 aromatic heterocycles. The lowest BCUT2D eigenvalue weighted by Crippen LogP contribution is -1.89. The molecule has 0 atom stereocenters. The second kappa shape index (κ2) is 2.67. The molecule has 0 unspecified atom stereocenters. The average Bonchev–Trinajstić information content (AvgIpc) is 2.49. The summed E-state index contributed by atoms with van der Waals surface area (Å²) in [5.74, 6) is 0.616. The van der Waals surface area contributed by atoms with Crippen LogP contribution in [-0.2, 0) is 0 Å².